The molecule has 0 amide bonds. The zero-order valence-electron chi connectivity index (χ0n) is 21.6. The molecule has 1 fully saturated rings. The number of halogens is 1. The molecule has 0 N–H and O–H groups in total. The number of nitriles is 1. The van der Waals surface area contributed by atoms with Crippen LogP contribution in [0.4, 0.5) is 4.39 Å². The predicted octanol–water partition coefficient (Wildman–Crippen LogP) is 7.73. The van der Waals surface area contributed by atoms with E-state index in [0.717, 1.165) is 57.2 Å². The molecule has 3 heteroatoms. The molecule has 2 nitrogen and oxygen atoms in total. The van der Waals surface area contributed by atoms with Gasteiger partial charge in [-0.1, -0.05) is 85.6 Å². The molecule has 3 aromatic rings. The van der Waals surface area contributed by atoms with E-state index in [9.17, 15) is 9.65 Å². The second-order valence-electron chi connectivity index (χ2n) is 10.5. The zero-order valence-corrected chi connectivity index (χ0v) is 21.6. The van der Waals surface area contributed by atoms with Gasteiger partial charge in [0.2, 0.25) is 0 Å². The molecule has 2 unspecified atom stereocenters. The van der Waals surface area contributed by atoms with Gasteiger partial charge in [-0.25, -0.2) is 4.39 Å². The lowest BCUT2D eigenvalue weighted by molar-refractivity contribution is 0.185. The minimum atomic E-state index is -0.539. The summed E-state index contributed by atoms with van der Waals surface area (Å²) in [6.07, 6.45) is 8.35. The van der Waals surface area contributed by atoms with Gasteiger partial charge < -0.3 is 4.90 Å². The summed E-state index contributed by atoms with van der Waals surface area (Å²) in [7, 11) is 0. The van der Waals surface area contributed by atoms with E-state index in [2.05, 4.69) is 78.6 Å². The Morgan fingerprint density at radius 3 is 1.89 bits per heavy atom. The van der Waals surface area contributed by atoms with E-state index in [1.54, 1.807) is 0 Å². The summed E-state index contributed by atoms with van der Waals surface area (Å²) in [6, 6.07) is 31.2. The molecule has 0 aliphatic heterocycles. The van der Waals surface area contributed by atoms with Gasteiger partial charge >= 0.3 is 0 Å². The smallest absolute Gasteiger partial charge is 0.123 e. The van der Waals surface area contributed by atoms with Crippen molar-refractivity contribution in [3.05, 3.63) is 107 Å². The quantitative estimate of drug-likeness (QED) is 0.264. The van der Waals surface area contributed by atoms with Crippen molar-refractivity contribution in [3.63, 3.8) is 0 Å². The topological polar surface area (TPSA) is 27.0 Å². The van der Waals surface area contributed by atoms with Crippen molar-refractivity contribution in [1.82, 2.24) is 4.90 Å². The van der Waals surface area contributed by atoms with Crippen LogP contribution in [0.2, 0.25) is 0 Å². The maximum absolute atomic E-state index is 13.7. The molecular formula is C33H39FN2. The lowest BCUT2D eigenvalue weighted by atomic mass is 9.67. The van der Waals surface area contributed by atoms with E-state index < -0.39 is 5.41 Å². The fourth-order valence-electron chi connectivity index (χ4n) is 5.97. The Labute approximate surface area is 216 Å². The van der Waals surface area contributed by atoms with E-state index in [1.807, 2.05) is 12.1 Å². The fraction of sp³-hybridized carbons (Fsp3) is 0.424. The third-order valence-electron chi connectivity index (χ3n) is 8.25. The maximum Gasteiger partial charge on any atom is 0.123 e. The SMILES string of the molecule is CC(CCC(C#N)(c1ccc(F)cc1)C1CCCC1)N(CCc1ccccc1)CCc1ccccc1. The zero-order chi connectivity index (χ0) is 25.2. The summed E-state index contributed by atoms with van der Waals surface area (Å²) in [5.41, 5.74) is 3.17. The Kier molecular flexibility index (Phi) is 9.31. The molecule has 0 saturated heterocycles. The Bertz CT molecular complexity index is 1040. The minimum Gasteiger partial charge on any atom is -0.300 e. The molecule has 188 valence electrons. The van der Waals surface area contributed by atoms with Crippen LogP contribution in [0.15, 0.2) is 84.9 Å². The lowest BCUT2D eigenvalue weighted by Gasteiger charge is -2.36. The Balaban J connectivity index is 1.49. The van der Waals surface area contributed by atoms with Crippen LogP contribution in [0, 0.1) is 23.1 Å². The van der Waals surface area contributed by atoms with Gasteiger partial charge in [-0.3, -0.25) is 0 Å². The first-order valence-electron chi connectivity index (χ1n) is 13.6. The molecule has 0 spiro atoms. The van der Waals surface area contributed by atoms with Crippen molar-refractivity contribution >= 4 is 0 Å². The van der Waals surface area contributed by atoms with Gasteiger partial charge in [0.1, 0.15) is 5.82 Å². The number of nitrogens with zero attached hydrogens (tertiary/aromatic N) is 2. The van der Waals surface area contributed by atoms with E-state index in [-0.39, 0.29) is 5.82 Å². The highest BCUT2D eigenvalue weighted by molar-refractivity contribution is 5.34. The average molecular weight is 483 g/mol. The van der Waals surface area contributed by atoms with Gasteiger partial charge in [-0.05, 0) is 80.2 Å². The van der Waals surface area contributed by atoms with Crippen molar-refractivity contribution in [3.8, 4) is 6.07 Å². The van der Waals surface area contributed by atoms with E-state index in [4.69, 9.17) is 0 Å². The summed E-state index contributed by atoms with van der Waals surface area (Å²) in [5.74, 6) is 0.112. The Hall–Kier alpha value is -2.96. The van der Waals surface area contributed by atoms with Crippen LogP contribution in [0.3, 0.4) is 0 Å². The molecule has 1 saturated carbocycles. The molecule has 0 aromatic heterocycles. The van der Waals surface area contributed by atoms with Crippen LogP contribution < -0.4 is 0 Å². The van der Waals surface area contributed by atoms with Crippen molar-refractivity contribution in [1.29, 1.82) is 5.26 Å². The molecular weight excluding hydrogens is 443 g/mol. The highest BCUT2D eigenvalue weighted by Gasteiger charge is 2.42. The number of hydrogen-bond acceptors (Lipinski definition) is 2. The lowest BCUT2D eigenvalue weighted by Crippen LogP contribution is -2.39. The van der Waals surface area contributed by atoms with Crippen LogP contribution in [-0.4, -0.2) is 24.0 Å². The number of hydrogen-bond donors (Lipinski definition) is 0. The second kappa shape index (κ2) is 12.8. The van der Waals surface area contributed by atoms with Gasteiger partial charge in [0.15, 0.2) is 0 Å². The van der Waals surface area contributed by atoms with Crippen LogP contribution in [0.1, 0.15) is 62.1 Å². The van der Waals surface area contributed by atoms with Crippen molar-refractivity contribution in [2.75, 3.05) is 13.1 Å². The maximum atomic E-state index is 13.7. The van der Waals surface area contributed by atoms with Crippen molar-refractivity contribution in [2.45, 2.75) is 69.7 Å². The van der Waals surface area contributed by atoms with Gasteiger partial charge in [0, 0.05) is 19.1 Å². The molecule has 36 heavy (non-hydrogen) atoms. The highest BCUT2D eigenvalue weighted by Crippen LogP contribution is 2.45. The van der Waals surface area contributed by atoms with E-state index in [0.29, 0.717) is 12.0 Å². The van der Waals surface area contributed by atoms with E-state index in [1.165, 1.54) is 36.1 Å². The van der Waals surface area contributed by atoms with Crippen molar-refractivity contribution < 1.29 is 4.39 Å². The normalized spacial score (nSPS) is 16.5. The summed E-state index contributed by atoms with van der Waals surface area (Å²) >= 11 is 0. The van der Waals surface area contributed by atoms with Crippen LogP contribution in [-0.2, 0) is 18.3 Å². The first-order chi connectivity index (χ1) is 17.6. The average Bonchev–Trinajstić information content (AvgIpc) is 3.47. The summed E-state index contributed by atoms with van der Waals surface area (Å²) < 4.78 is 13.7. The van der Waals surface area contributed by atoms with Gasteiger partial charge in [-0.2, -0.15) is 5.26 Å². The van der Waals surface area contributed by atoms with Crippen LogP contribution in [0.5, 0.6) is 0 Å². The molecule has 0 radical (unpaired) electrons. The molecule has 0 bridgehead atoms. The minimum absolute atomic E-state index is 0.238. The van der Waals surface area contributed by atoms with Gasteiger partial charge in [-0.15, -0.1) is 0 Å². The van der Waals surface area contributed by atoms with Gasteiger partial charge in [0.25, 0.3) is 0 Å². The van der Waals surface area contributed by atoms with Crippen molar-refractivity contribution in [2.24, 2.45) is 5.92 Å². The largest absolute Gasteiger partial charge is 0.300 e. The Morgan fingerprint density at radius 1 is 0.861 bits per heavy atom. The third kappa shape index (κ3) is 6.62. The third-order valence-corrected chi connectivity index (χ3v) is 8.25. The summed E-state index contributed by atoms with van der Waals surface area (Å²) in [5, 5.41) is 10.6. The Morgan fingerprint density at radius 2 is 1.39 bits per heavy atom. The second-order valence-corrected chi connectivity index (χ2v) is 10.5. The van der Waals surface area contributed by atoms with Crippen LogP contribution in [0.25, 0.3) is 0 Å². The molecule has 4 rings (SSSR count). The molecule has 1 aliphatic carbocycles. The van der Waals surface area contributed by atoms with Gasteiger partial charge in [0.05, 0.1) is 11.5 Å². The standard InChI is InChI=1S/C33H39FN2/c1-27(20-23-33(26-35,30-14-8-9-15-30)31-16-18-32(34)19-17-31)36(24-21-28-10-4-2-5-11-28)25-22-29-12-6-3-7-13-29/h2-7,10-13,16-19,27,30H,8-9,14-15,20-25H2,1H3. The molecule has 3 aromatic carbocycles. The predicted molar refractivity (Wildman–Crippen MR) is 146 cm³/mol. The first kappa shape index (κ1) is 26.1. The fourth-order valence-corrected chi connectivity index (χ4v) is 5.97. The number of benzene rings is 3. The van der Waals surface area contributed by atoms with Crippen LogP contribution >= 0.6 is 0 Å². The first-order valence-corrected chi connectivity index (χ1v) is 13.6. The highest BCUT2D eigenvalue weighted by atomic mass is 19.1. The summed E-state index contributed by atoms with van der Waals surface area (Å²) in [4.78, 5) is 2.60. The summed E-state index contributed by atoms with van der Waals surface area (Å²) in [6.45, 7) is 4.31. The monoisotopic (exact) mass is 482 g/mol. The molecule has 2 atom stereocenters. The number of rotatable bonds is 12. The molecule has 1 aliphatic rings. The molecule has 0 heterocycles. The van der Waals surface area contributed by atoms with E-state index >= 15 is 0 Å².